The van der Waals surface area contributed by atoms with E-state index in [9.17, 15) is 0 Å². The summed E-state index contributed by atoms with van der Waals surface area (Å²) in [5.41, 5.74) is 4.17. The van der Waals surface area contributed by atoms with Gasteiger partial charge in [0, 0.05) is 12.1 Å². The van der Waals surface area contributed by atoms with Gasteiger partial charge < -0.3 is 10.1 Å². The van der Waals surface area contributed by atoms with Crippen LogP contribution >= 0.6 is 0 Å². The van der Waals surface area contributed by atoms with E-state index >= 15 is 0 Å². The van der Waals surface area contributed by atoms with Crippen molar-refractivity contribution < 1.29 is 4.74 Å². The highest BCUT2D eigenvalue weighted by Gasteiger charge is 2.31. The van der Waals surface area contributed by atoms with Gasteiger partial charge in [0.15, 0.2) is 0 Å². The maximum Gasteiger partial charge on any atom is 0.119 e. The zero-order valence-electron chi connectivity index (χ0n) is 12.1. The number of hydrogen-bond acceptors (Lipinski definition) is 2. The zero-order valence-corrected chi connectivity index (χ0v) is 12.1. The Kier molecular flexibility index (Phi) is 3.49. The average molecular weight is 267 g/mol. The van der Waals surface area contributed by atoms with Gasteiger partial charge in [-0.1, -0.05) is 36.4 Å². The molecule has 0 saturated heterocycles. The molecule has 2 heteroatoms. The standard InChI is InChI=1S/C18H21NO/c1-18(13-14-6-4-3-5-7-14)17-9-8-16(20-2)12-15(17)10-11-19-18/h3-9,12,19H,10-11,13H2,1-2H3. The molecule has 0 aromatic heterocycles. The molecule has 2 nitrogen and oxygen atoms in total. The monoisotopic (exact) mass is 267 g/mol. The third-order valence-electron chi connectivity index (χ3n) is 4.22. The van der Waals surface area contributed by atoms with E-state index in [2.05, 4.69) is 60.8 Å². The smallest absolute Gasteiger partial charge is 0.119 e. The molecule has 0 fully saturated rings. The molecule has 2 aromatic carbocycles. The van der Waals surface area contributed by atoms with Crippen LogP contribution in [0.2, 0.25) is 0 Å². The Bertz CT molecular complexity index is 594. The van der Waals surface area contributed by atoms with E-state index in [4.69, 9.17) is 4.74 Å². The van der Waals surface area contributed by atoms with Crippen molar-refractivity contribution in [3.05, 3.63) is 65.2 Å². The van der Waals surface area contributed by atoms with Crippen molar-refractivity contribution in [2.24, 2.45) is 0 Å². The summed E-state index contributed by atoms with van der Waals surface area (Å²) in [6.45, 7) is 3.31. The summed E-state index contributed by atoms with van der Waals surface area (Å²) < 4.78 is 5.35. The molecule has 104 valence electrons. The molecule has 1 unspecified atom stereocenters. The SMILES string of the molecule is COc1ccc2c(c1)CCNC2(C)Cc1ccccc1. The largest absolute Gasteiger partial charge is 0.497 e. The molecular formula is C18H21NO. The van der Waals surface area contributed by atoms with E-state index in [1.165, 1.54) is 16.7 Å². The van der Waals surface area contributed by atoms with Crippen molar-refractivity contribution >= 4 is 0 Å². The summed E-state index contributed by atoms with van der Waals surface area (Å²) in [6.07, 6.45) is 2.07. The van der Waals surface area contributed by atoms with Crippen LogP contribution in [0.5, 0.6) is 5.75 Å². The van der Waals surface area contributed by atoms with E-state index in [0.29, 0.717) is 0 Å². The molecule has 0 spiro atoms. The van der Waals surface area contributed by atoms with Gasteiger partial charge in [-0.25, -0.2) is 0 Å². The predicted octanol–water partition coefficient (Wildman–Crippen LogP) is 3.30. The molecule has 0 aliphatic carbocycles. The molecular weight excluding hydrogens is 246 g/mol. The van der Waals surface area contributed by atoms with Crippen molar-refractivity contribution in [2.45, 2.75) is 25.3 Å². The summed E-state index contributed by atoms with van der Waals surface area (Å²) in [4.78, 5) is 0. The third kappa shape index (κ3) is 2.44. The molecule has 1 N–H and O–H groups in total. The van der Waals surface area contributed by atoms with Crippen LogP contribution in [-0.4, -0.2) is 13.7 Å². The number of rotatable bonds is 3. The van der Waals surface area contributed by atoms with Crippen LogP contribution < -0.4 is 10.1 Å². The van der Waals surface area contributed by atoms with E-state index in [1.54, 1.807) is 7.11 Å². The minimum absolute atomic E-state index is 0.00120. The molecule has 0 bridgehead atoms. The Hall–Kier alpha value is -1.80. The molecule has 1 aliphatic rings. The first-order chi connectivity index (χ1) is 9.71. The highest BCUT2D eigenvalue weighted by molar-refractivity contribution is 5.42. The van der Waals surface area contributed by atoms with Gasteiger partial charge in [0.05, 0.1) is 7.11 Å². The molecule has 1 atom stereocenters. The lowest BCUT2D eigenvalue weighted by molar-refractivity contribution is 0.342. The van der Waals surface area contributed by atoms with Gasteiger partial charge in [0.25, 0.3) is 0 Å². The number of hydrogen-bond donors (Lipinski definition) is 1. The fourth-order valence-corrected chi connectivity index (χ4v) is 3.17. The summed E-state index contributed by atoms with van der Waals surface area (Å²) in [7, 11) is 1.73. The van der Waals surface area contributed by atoms with Crippen molar-refractivity contribution in [1.82, 2.24) is 5.32 Å². The van der Waals surface area contributed by atoms with Crippen LogP contribution in [0.15, 0.2) is 48.5 Å². The van der Waals surface area contributed by atoms with Crippen molar-refractivity contribution in [2.75, 3.05) is 13.7 Å². The highest BCUT2D eigenvalue weighted by atomic mass is 16.5. The number of methoxy groups -OCH3 is 1. The lowest BCUT2D eigenvalue weighted by Gasteiger charge is -2.37. The Balaban J connectivity index is 1.96. The van der Waals surface area contributed by atoms with Gasteiger partial charge in [-0.3, -0.25) is 0 Å². The van der Waals surface area contributed by atoms with E-state index in [-0.39, 0.29) is 5.54 Å². The lowest BCUT2D eigenvalue weighted by Crippen LogP contribution is -2.46. The molecule has 1 heterocycles. The van der Waals surface area contributed by atoms with Gasteiger partial charge in [0.2, 0.25) is 0 Å². The van der Waals surface area contributed by atoms with E-state index in [1.807, 2.05) is 0 Å². The van der Waals surface area contributed by atoms with Crippen LogP contribution in [0.1, 0.15) is 23.6 Å². The van der Waals surface area contributed by atoms with Crippen LogP contribution in [0.3, 0.4) is 0 Å². The Morgan fingerprint density at radius 3 is 2.70 bits per heavy atom. The molecule has 3 rings (SSSR count). The minimum atomic E-state index is 0.00120. The number of fused-ring (bicyclic) bond motifs is 1. The normalized spacial score (nSPS) is 21.3. The summed E-state index contributed by atoms with van der Waals surface area (Å²) in [6, 6.07) is 17.1. The van der Waals surface area contributed by atoms with Crippen molar-refractivity contribution in [1.29, 1.82) is 0 Å². The second kappa shape index (κ2) is 5.29. The Labute approximate surface area is 120 Å². The quantitative estimate of drug-likeness (QED) is 0.921. The van der Waals surface area contributed by atoms with E-state index in [0.717, 1.165) is 25.1 Å². The predicted molar refractivity (Wildman–Crippen MR) is 82.2 cm³/mol. The average Bonchev–Trinajstić information content (AvgIpc) is 2.48. The second-order valence-corrected chi connectivity index (χ2v) is 5.69. The first-order valence-corrected chi connectivity index (χ1v) is 7.18. The molecule has 1 aliphatic heterocycles. The van der Waals surface area contributed by atoms with E-state index < -0.39 is 0 Å². The number of benzene rings is 2. The zero-order chi connectivity index (χ0) is 14.0. The van der Waals surface area contributed by atoms with Gasteiger partial charge >= 0.3 is 0 Å². The molecule has 0 amide bonds. The molecule has 20 heavy (non-hydrogen) atoms. The van der Waals surface area contributed by atoms with Crippen LogP contribution in [0.4, 0.5) is 0 Å². The second-order valence-electron chi connectivity index (χ2n) is 5.69. The number of ether oxygens (including phenoxy) is 1. The van der Waals surface area contributed by atoms with Crippen molar-refractivity contribution in [3.8, 4) is 5.75 Å². The topological polar surface area (TPSA) is 21.3 Å². The lowest BCUT2D eigenvalue weighted by atomic mass is 9.79. The molecule has 2 aromatic rings. The first-order valence-electron chi connectivity index (χ1n) is 7.18. The minimum Gasteiger partial charge on any atom is -0.497 e. The van der Waals surface area contributed by atoms with Crippen LogP contribution in [0, 0.1) is 0 Å². The van der Waals surface area contributed by atoms with Gasteiger partial charge in [-0.15, -0.1) is 0 Å². The summed E-state index contributed by atoms with van der Waals surface area (Å²) in [5.74, 6) is 0.952. The maximum atomic E-state index is 5.35. The summed E-state index contributed by atoms with van der Waals surface area (Å²) in [5, 5.41) is 3.70. The summed E-state index contributed by atoms with van der Waals surface area (Å²) >= 11 is 0. The molecule has 0 saturated carbocycles. The van der Waals surface area contributed by atoms with Gasteiger partial charge in [-0.2, -0.15) is 0 Å². The van der Waals surface area contributed by atoms with Gasteiger partial charge in [-0.05, 0) is 48.6 Å². The van der Waals surface area contributed by atoms with Gasteiger partial charge in [0.1, 0.15) is 5.75 Å². The Morgan fingerprint density at radius 2 is 1.95 bits per heavy atom. The maximum absolute atomic E-state index is 5.35. The first kappa shape index (κ1) is 13.2. The Morgan fingerprint density at radius 1 is 1.15 bits per heavy atom. The van der Waals surface area contributed by atoms with Crippen LogP contribution in [-0.2, 0) is 18.4 Å². The van der Waals surface area contributed by atoms with Crippen molar-refractivity contribution in [3.63, 3.8) is 0 Å². The highest BCUT2D eigenvalue weighted by Crippen LogP contribution is 2.33. The fraction of sp³-hybridized carbons (Fsp3) is 0.333. The number of nitrogens with one attached hydrogen (secondary N) is 1. The third-order valence-corrected chi connectivity index (χ3v) is 4.22. The fourth-order valence-electron chi connectivity index (χ4n) is 3.17. The molecule has 0 radical (unpaired) electrons. The van der Waals surface area contributed by atoms with Crippen LogP contribution in [0.25, 0.3) is 0 Å².